The third-order valence-electron chi connectivity index (χ3n) is 4.55. The summed E-state index contributed by atoms with van der Waals surface area (Å²) >= 11 is 0. The van der Waals surface area contributed by atoms with E-state index < -0.39 is 0 Å². The highest BCUT2D eigenvalue weighted by Gasteiger charge is 2.38. The summed E-state index contributed by atoms with van der Waals surface area (Å²) in [4.78, 5) is 2.73. The first-order valence-corrected chi connectivity index (χ1v) is 6.67. The molecule has 2 unspecified atom stereocenters. The molecule has 2 saturated heterocycles. The van der Waals surface area contributed by atoms with Crippen molar-refractivity contribution >= 4 is 0 Å². The fourth-order valence-corrected chi connectivity index (χ4v) is 3.33. The summed E-state index contributed by atoms with van der Waals surface area (Å²) in [5, 5.41) is 3.42. The SMILES string of the molecule is CNC1CCN(C2(C)CCOCC2)C(C)C1. The number of ether oxygens (including phenoxy) is 1. The number of likely N-dealkylation sites (tertiary alicyclic amines) is 1. The maximum atomic E-state index is 5.49. The van der Waals surface area contributed by atoms with Crippen molar-refractivity contribution in [3.8, 4) is 0 Å². The first kappa shape index (κ1) is 12.3. The third-order valence-corrected chi connectivity index (χ3v) is 4.55. The van der Waals surface area contributed by atoms with Crippen molar-refractivity contribution in [3.05, 3.63) is 0 Å². The summed E-state index contributed by atoms with van der Waals surface area (Å²) in [5.74, 6) is 0. The highest BCUT2D eigenvalue weighted by Crippen LogP contribution is 2.33. The van der Waals surface area contributed by atoms with E-state index in [9.17, 15) is 0 Å². The molecule has 2 atom stereocenters. The van der Waals surface area contributed by atoms with Crippen LogP contribution in [0.3, 0.4) is 0 Å². The molecule has 0 aromatic rings. The first-order chi connectivity index (χ1) is 7.65. The Morgan fingerprint density at radius 1 is 1.31 bits per heavy atom. The van der Waals surface area contributed by atoms with E-state index in [0.29, 0.717) is 11.6 Å². The van der Waals surface area contributed by atoms with Crippen molar-refractivity contribution in [1.82, 2.24) is 10.2 Å². The van der Waals surface area contributed by atoms with Crippen LogP contribution in [0, 0.1) is 0 Å². The molecule has 0 amide bonds. The van der Waals surface area contributed by atoms with Gasteiger partial charge in [-0.2, -0.15) is 0 Å². The second-order valence-electron chi connectivity index (χ2n) is 5.66. The van der Waals surface area contributed by atoms with E-state index in [4.69, 9.17) is 4.74 Å². The summed E-state index contributed by atoms with van der Waals surface area (Å²) in [5.41, 5.74) is 0.385. The Balaban J connectivity index is 1.98. The third kappa shape index (κ3) is 2.41. The molecule has 2 fully saturated rings. The summed E-state index contributed by atoms with van der Waals surface area (Å²) in [6.45, 7) is 7.92. The Bertz CT molecular complexity index is 226. The maximum absolute atomic E-state index is 5.49. The van der Waals surface area contributed by atoms with E-state index in [1.807, 2.05) is 0 Å². The molecule has 2 heterocycles. The van der Waals surface area contributed by atoms with Crippen LogP contribution >= 0.6 is 0 Å². The number of piperidine rings is 1. The maximum Gasteiger partial charge on any atom is 0.0483 e. The van der Waals surface area contributed by atoms with Crippen LogP contribution in [0.25, 0.3) is 0 Å². The summed E-state index contributed by atoms with van der Waals surface area (Å²) < 4.78 is 5.49. The minimum absolute atomic E-state index is 0.385. The van der Waals surface area contributed by atoms with E-state index >= 15 is 0 Å². The molecule has 1 N–H and O–H groups in total. The Labute approximate surface area is 99.5 Å². The average Bonchev–Trinajstić information content (AvgIpc) is 2.29. The molecule has 94 valence electrons. The molecule has 0 bridgehead atoms. The van der Waals surface area contributed by atoms with E-state index in [2.05, 4.69) is 31.1 Å². The number of nitrogens with zero attached hydrogens (tertiary/aromatic N) is 1. The summed E-state index contributed by atoms with van der Waals surface area (Å²) in [7, 11) is 2.09. The van der Waals surface area contributed by atoms with E-state index in [0.717, 1.165) is 19.3 Å². The predicted octanol–water partition coefficient (Wildman–Crippen LogP) is 1.63. The molecule has 0 aliphatic carbocycles. The zero-order valence-electron chi connectivity index (χ0n) is 11.0. The highest BCUT2D eigenvalue weighted by molar-refractivity contribution is 4.95. The standard InChI is InChI=1S/C13H26N2O/c1-11-10-12(14-3)4-7-15(11)13(2)5-8-16-9-6-13/h11-12,14H,4-10H2,1-3H3. The number of nitrogens with one attached hydrogen (secondary N) is 1. The average molecular weight is 226 g/mol. The highest BCUT2D eigenvalue weighted by atomic mass is 16.5. The van der Waals surface area contributed by atoms with E-state index in [-0.39, 0.29) is 0 Å². The molecule has 0 aromatic heterocycles. The monoisotopic (exact) mass is 226 g/mol. The van der Waals surface area contributed by atoms with Gasteiger partial charge in [0.1, 0.15) is 0 Å². The molecule has 3 nitrogen and oxygen atoms in total. The zero-order chi connectivity index (χ0) is 11.6. The fourth-order valence-electron chi connectivity index (χ4n) is 3.33. The van der Waals surface area contributed by atoms with Gasteiger partial charge in [-0.15, -0.1) is 0 Å². The quantitative estimate of drug-likeness (QED) is 0.774. The van der Waals surface area contributed by atoms with Gasteiger partial charge in [-0.1, -0.05) is 0 Å². The Kier molecular flexibility index (Phi) is 3.88. The van der Waals surface area contributed by atoms with Gasteiger partial charge >= 0.3 is 0 Å². The molecule has 0 saturated carbocycles. The van der Waals surface area contributed by atoms with Gasteiger partial charge in [0.15, 0.2) is 0 Å². The molecule has 0 aromatic carbocycles. The summed E-state index contributed by atoms with van der Waals surface area (Å²) in [6.07, 6.45) is 4.97. The predicted molar refractivity (Wildman–Crippen MR) is 66.7 cm³/mol. The van der Waals surface area contributed by atoms with Gasteiger partial charge < -0.3 is 10.1 Å². The number of rotatable bonds is 2. The van der Waals surface area contributed by atoms with Gasteiger partial charge in [-0.3, -0.25) is 4.90 Å². The van der Waals surface area contributed by atoms with E-state index in [1.54, 1.807) is 0 Å². The Morgan fingerprint density at radius 2 is 2.00 bits per heavy atom. The van der Waals surface area contributed by atoms with Gasteiger partial charge in [0, 0.05) is 37.4 Å². The summed E-state index contributed by atoms with van der Waals surface area (Å²) in [6, 6.07) is 1.42. The zero-order valence-corrected chi connectivity index (χ0v) is 11.0. The smallest absolute Gasteiger partial charge is 0.0483 e. The lowest BCUT2D eigenvalue weighted by molar-refractivity contribution is -0.0498. The van der Waals surface area contributed by atoms with Gasteiger partial charge in [0.25, 0.3) is 0 Å². The van der Waals surface area contributed by atoms with Crippen molar-refractivity contribution in [1.29, 1.82) is 0 Å². The fraction of sp³-hybridized carbons (Fsp3) is 1.00. The lowest BCUT2D eigenvalue weighted by atomic mass is 9.85. The van der Waals surface area contributed by atoms with Crippen LogP contribution in [-0.2, 0) is 4.74 Å². The molecule has 2 aliphatic rings. The van der Waals surface area contributed by atoms with E-state index in [1.165, 1.54) is 32.2 Å². The van der Waals surface area contributed by atoms with Crippen molar-refractivity contribution in [3.63, 3.8) is 0 Å². The number of hydrogen-bond donors (Lipinski definition) is 1. The minimum Gasteiger partial charge on any atom is -0.381 e. The second-order valence-corrected chi connectivity index (χ2v) is 5.66. The largest absolute Gasteiger partial charge is 0.381 e. The van der Waals surface area contributed by atoms with Crippen LogP contribution in [0.15, 0.2) is 0 Å². The molecule has 3 heteroatoms. The first-order valence-electron chi connectivity index (χ1n) is 6.67. The minimum atomic E-state index is 0.385. The lowest BCUT2D eigenvalue weighted by Gasteiger charge is -2.50. The van der Waals surface area contributed by atoms with Gasteiger partial charge in [-0.05, 0) is 46.6 Å². The van der Waals surface area contributed by atoms with Crippen molar-refractivity contribution in [2.24, 2.45) is 0 Å². The van der Waals surface area contributed by atoms with Crippen LogP contribution in [0.4, 0.5) is 0 Å². The number of hydrogen-bond acceptors (Lipinski definition) is 3. The van der Waals surface area contributed by atoms with Crippen molar-refractivity contribution in [2.75, 3.05) is 26.8 Å². The molecule has 16 heavy (non-hydrogen) atoms. The van der Waals surface area contributed by atoms with Crippen LogP contribution in [0.2, 0.25) is 0 Å². The lowest BCUT2D eigenvalue weighted by Crippen LogP contribution is -2.58. The molecule has 2 rings (SSSR count). The van der Waals surface area contributed by atoms with Crippen LogP contribution in [0.5, 0.6) is 0 Å². The van der Waals surface area contributed by atoms with Crippen LogP contribution < -0.4 is 5.32 Å². The molecular formula is C13H26N2O. The Hall–Kier alpha value is -0.120. The molecule has 0 spiro atoms. The van der Waals surface area contributed by atoms with Crippen LogP contribution in [0.1, 0.15) is 39.5 Å². The molecular weight excluding hydrogens is 200 g/mol. The van der Waals surface area contributed by atoms with Crippen molar-refractivity contribution in [2.45, 2.75) is 57.2 Å². The second kappa shape index (κ2) is 5.03. The molecule has 2 aliphatic heterocycles. The van der Waals surface area contributed by atoms with Crippen LogP contribution in [-0.4, -0.2) is 49.3 Å². The van der Waals surface area contributed by atoms with Gasteiger partial charge in [-0.25, -0.2) is 0 Å². The molecule has 0 radical (unpaired) electrons. The Morgan fingerprint density at radius 3 is 2.56 bits per heavy atom. The van der Waals surface area contributed by atoms with Gasteiger partial charge in [0.2, 0.25) is 0 Å². The van der Waals surface area contributed by atoms with Gasteiger partial charge in [0.05, 0.1) is 0 Å². The van der Waals surface area contributed by atoms with Crippen molar-refractivity contribution < 1.29 is 4.74 Å². The normalized spacial score (nSPS) is 36.2. The topological polar surface area (TPSA) is 24.5 Å².